The lowest BCUT2D eigenvalue weighted by molar-refractivity contribution is 0.918. The van der Waals surface area contributed by atoms with E-state index in [1.54, 1.807) is 0 Å². The van der Waals surface area contributed by atoms with Crippen molar-refractivity contribution < 1.29 is 0 Å². The number of imidazole rings is 1. The first-order valence-electron chi connectivity index (χ1n) is 13.5. The maximum atomic E-state index is 5.31. The molecule has 4 aromatic carbocycles. The Morgan fingerprint density at radius 3 is 1.90 bits per heavy atom. The molecule has 8 aromatic rings. The SMILES string of the molecule is Cc1nc(C)c2nc(-n3c4ccccc4c4c5ccccc5n(-c5ccccc5)c43)n(-c3ccccc3C)c2n1. The standard InChI is InChI=1S/C34H26N6/c1-21-13-7-10-18-27(21)39-32-31(22(2)35-23(3)36-32)37-34(39)40-29-20-12-9-17-26(29)30-25-16-8-11-19-28(25)38(33(30)40)24-14-5-4-6-15-24/h4-20H,1-3H3. The molecule has 0 aliphatic carbocycles. The summed E-state index contributed by atoms with van der Waals surface area (Å²) < 4.78 is 6.86. The number of aryl methyl sites for hydroxylation is 3. The van der Waals surface area contributed by atoms with Crippen molar-refractivity contribution in [2.75, 3.05) is 0 Å². The average molecular weight is 519 g/mol. The number of hydrogen-bond donors (Lipinski definition) is 0. The highest BCUT2D eigenvalue weighted by molar-refractivity contribution is 6.22. The van der Waals surface area contributed by atoms with Gasteiger partial charge in [0.2, 0.25) is 5.95 Å². The third kappa shape index (κ3) is 3.07. The summed E-state index contributed by atoms with van der Waals surface area (Å²) in [4.78, 5) is 14.9. The molecule has 0 N–H and O–H groups in total. The van der Waals surface area contributed by atoms with Crippen molar-refractivity contribution in [2.45, 2.75) is 20.8 Å². The zero-order chi connectivity index (χ0) is 27.0. The third-order valence-corrected chi connectivity index (χ3v) is 7.82. The highest BCUT2D eigenvalue weighted by Gasteiger charge is 2.26. The molecule has 40 heavy (non-hydrogen) atoms. The maximum Gasteiger partial charge on any atom is 0.223 e. The summed E-state index contributed by atoms with van der Waals surface area (Å²) in [7, 11) is 0. The van der Waals surface area contributed by atoms with Gasteiger partial charge in [-0.2, -0.15) is 0 Å². The molecule has 0 amide bonds. The summed E-state index contributed by atoms with van der Waals surface area (Å²) in [5.41, 5.74) is 9.09. The molecule has 0 aliphatic heterocycles. The van der Waals surface area contributed by atoms with Crippen LogP contribution in [0.25, 0.3) is 61.3 Å². The fourth-order valence-electron chi connectivity index (χ4n) is 6.15. The second kappa shape index (κ2) is 8.38. The Morgan fingerprint density at radius 1 is 0.550 bits per heavy atom. The van der Waals surface area contributed by atoms with Gasteiger partial charge in [-0.3, -0.25) is 13.7 Å². The van der Waals surface area contributed by atoms with E-state index >= 15 is 0 Å². The summed E-state index contributed by atoms with van der Waals surface area (Å²) >= 11 is 0. The first-order valence-corrected chi connectivity index (χ1v) is 13.5. The Kier molecular flexibility index (Phi) is 4.76. The summed E-state index contributed by atoms with van der Waals surface area (Å²) in [6, 6.07) is 36.2. The van der Waals surface area contributed by atoms with Gasteiger partial charge in [0.25, 0.3) is 0 Å². The van der Waals surface area contributed by atoms with Gasteiger partial charge in [-0.25, -0.2) is 15.0 Å². The average Bonchev–Trinajstić information content (AvgIpc) is 3.61. The molecule has 6 heteroatoms. The van der Waals surface area contributed by atoms with E-state index in [2.05, 4.69) is 129 Å². The van der Waals surface area contributed by atoms with Crippen molar-refractivity contribution in [1.29, 1.82) is 0 Å². The van der Waals surface area contributed by atoms with E-state index in [4.69, 9.17) is 9.97 Å². The first kappa shape index (κ1) is 22.7. The smallest absolute Gasteiger partial charge is 0.223 e. The molecule has 4 aromatic heterocycles. The fraction of sp³-hybridized carbons (Fsp3) is 0.0882. The molecule has 192 valence electrons. The molecule has 0 spiro atoms. The largest absolute Gasteiger partial charge is 0.295 e. The number of nitrogens with zero attached hydrogens (tertiary/aromatic N) is 6. The number of para-hydroxylation sites is 4. The van der Waals surface area contributed by atoms with Crippen LogP contribution in [0.4, 0.5) is 0 Å². The topological polar surface area (TPSA) is 53.5 Å². The number of benzene rings is 4. The van der Waals surface area contributed by atoms with E-state index < -0.39 is 0 Å². The van der Waals surface area contributed by atoms with E-state index in [1.165, 1.54) is 16.2 Å². The van der Waals surface area contributed by atoms with Crippen molar-refractivity contribution in [3.8, 4) is 17.3 Å². The van der Waals surface area contributed by atoms with Gasteiger partial charge in [0, 0.05) is 21.8 Å². The zero-order valence-corrected chi connectivity index (χ0v) is 22.5. The molecule has 0 aliphatic rings. The van der Waals surface area contributed by atoms with Crippen LogP contribution in [0.5, 0.6) is 0 Å². The molecule has 0 radical (unpaired) electrons. The van der Waals surface area contributed by atoms with Gasteiger partial charge in [0.1, 0.15) is 17.0 Å². The fourth-order valence-corrected chi connectivity index (χ4v) is 6.15. The van der Waals surface area contributed by atoms with Crippen LogP contribution in [-0.4, -0.2) is 28.7 Å². The van der Waals surface area contributed by atoms with E-state index in [0.29, 0.717) is 0 Å². The molecular weight excluding hydrogens is 492 g/mol. The first-order chi connectivity index (χ1) is 19.6. The van der Waals surface area contributed by atoms with Crippen LogP contribution < -0.4 is 0 Å². The monoisotopic (exact) mass is 518 g/mol. The Balaban J connectivity index is 1.65. The van der Waals surface area contributed by atoms with E-state index in [0.717, 1.165) is 62.2 Å². The van der Waals surface area contributed by atoms with Crippen LogP contribution in [-0.2, 0) is 0 Å². The van der Waals surface area contributed by atoms with Crippen molar-refractivity contribution in [2.24, 2.45) is 0 Å². The minimum Gasteiger partial charge on any atom is -0.295 e. The van der Waals surface area contributed by atoms with Crippen LogP contribution in [0.15, 0.2) is 103 Å². The van der Waals surface area contributed by atoms with Gasteiger partial charge < -0.3 is 0 Å². The van der Waals surface area contributed by atoms with Gasteiger partial charge in [0.05, 0.1) is 22.4 Å². The Morgan fingerprint density at radius 2 is 1.18 bits per heavy atom. The summed E-state index contributed by atoms with van der Waals surface area (Å²) in [6.07, 6.45) is 0. The van der Waals surface area contributed by atoms with Crippen LogP contribution in [0.1, 0.15) is 17.1 Å². The van der Waals surface area contributed by atoms with Gasteiger partial charge in [-0.15, -0.1) is 0 Å². The minimum absolute atomic E-state index is 0.729. The summed E-state index contributed by atoms with van der Waals surface area (Å²) in [5.74, 6) is 1.52. The van der Waals surface area contributed by atoms with Crippen LogP contribution in [0.2, 0.25) is 0 Å². The number of fused-ring (bicyclic) bond motifs is 6. The molecule has 0 fully saturated rings. The molecule has 0 saturated carbocycles. The normalized spacial score (nSPS) is 11.9. The van der Waals surface area contributed by atoms with Gasteiger partial charge in [-0.05, 0) is 56.7 Å². The lowest BCUT2D eigenvalue weighted by Crippen LogP contribution is -2.09. The predicted octanol–water partition coefficient (Wildman–Crippen LogP) is 7.78. The van der Waals surface area contributed by atoms with E-state index in [1.807, 2.05) is 13.8 Å². The van der Waals surface area contributed by atoms with Crippen LogP contribution >= 0.6 is 0 Å². The van der Waals surface area contributed by atoms with Crippen molar-refractivity contribution in [1.82, 2.24) is 28.7 Å². The van der Waals surface area contributed by atoms with Gasteiger partial charge in [-0.1, -0.05) is 72.8 Å². The minimum atomic E-state index is 0.729. The number of aromatic nitrogens is 6. The predicted molar refractivity (Wildman–Crippen MR) is 162 cm³/mol. The van der Waals surface area contributed by atoms with Crippen molar-refractivity contribution >= 4 is 44.0 Å². The summed E-state index contributed by atoms with van der Waals surface area (Å²) in [6.45, 7) is 6.09. The second-order valence-corrected chi connectivity index (χ2v) is 10.3. The van der Waals surface area contributed by atoms with E-state index in [-0.39, 0.29) is 0 Å². The third-order valence-electron chi connectivity index (χ3n) is 7.82. The highest BCUT2D eigenvalue weighted by Crippen LogP contribution is 2.41. The van der Waals surface area contributed by atoms with Crippen molar-refractivity contribution in [3.63, 3.8) is 0 Å². The molecule has 6 nitrogen and oxygen atoms in total. The second-order valence-electron chi connectivity index (χ2n) is 10.3. The van der Waals surface area contributed by atoms with Gasteiger partial charge >= 0.3 is 0 Å². The molecule has 0 unspecified atom stereocenters. The highest BCUT2D eigenvalue weighted by atomic mass is 15.3. The maximum absolute atomic E-state index is 5.31. The quantitative estimate of drug-likeness (QED) is 0.240. The number of rotatable bonds is 3. The Hall–Kier alpha value is -5.23. The Bertz CT molecular complexity index is 2250. The van der Waals surface area contributed by atoms with Crippen LogP contribution in [0.3, 0.4) is 0 Å². The molecule has 0 bridgehead atoms. The van der Waals surface area contributed by atoms with Crippen molar-refractivity contribution in [3.05, 3.63) is 120 Å². The van der Waals surface area contributed by atoms with E-state index in [9.17, 15) is 0 Å². The molecule has 8 rings (SSSR count). The van der Waals surface area contributed by atoms with Gasteiger partial charge in [0.15, 0.2) is 5.65 Å². The van der Waals surface area contributed by atoms with Crippen LogP contribution in [0, 0.1) is 20.8 Å². The molecule has 4 heterocycles. The molecular formula is C34H26N6. The molecule has 0 saturated heterocycles. The lowest BCUT2D eigenvalue weighted by Gasteiger charge is -2.15. The molecule has 0 atom stereocenters. The number of hydrogen-bond acceptors (Lipinski definition) is 3. The Labute approximate surface area is 230 Å². The lowest BCUT2D eigenvalue weighted by atomic mass is 10.1. The summed E-state index contributed by atoms with van der Waals surface area (Å²) in [5, 5.41) is 3.60. The zero-order valence-electron chi connectivity index (χ0n) is 22.5.